The fourth-order valence-corrected chi connectivity index (χ4v) is 4.41. The van der Waals surface area contributed by atoms with E-state index in [4.69, 9.17) is 9.72 Å². The van der Waals surface area contributed by atoms with Gasteiger partial charge in [0.05, 0.1) is 12.2 Å². The Morgan fingerprint density at radius 3 is 2.88 bits per heavy atom. The van der Waals surface area contributed by atoms with Gasteiger partial charge in [-0.15, -0.1) is 0 Å². The monoisotopic (exact) mass is 356 g/mol. The van der Waals surface area contributed by atoms with E-state index in [0.29, 0.717) is 25.1 Å². The van der Waals surface area contributed by atoms with Crippen LogP contribution in [-0.2, 0) is 9.53 Å². The first-order valence-electron chi connectivity index (χ1n) is 9.38. The first-order chi connectivity index (χ1) is 12.5. The molecule has 2 fully saturated rings. The Labute approximate surface area is 155 Å². The summed E-state index contributed by atoms with van der Waals surface area (Å²) >= 11 is 0. The van der Waals surface area contributed by atoms with E-state index >= 15 is 0 Å². The molecular weight excluding hydrogens is 328 g/mol. The number of aromatic nitrogens is 1. The van der Waals surface area contributed by atoms with Gasteiger partial charge in [-0.1, -0.05) is 0 Å². The van der Waals surface area contributed by atoms with Gasteiger partial charge < -0.3 is 14.5 Å². The van der Waals surface area contributed by atoms with Crippen LogP contribution >= 0.6 is 0 Å². The highest BCUT2D eigenvalue weighted by Crippen LogP contribution is 2.40. The van der Waals surface area contributed by atoms with Crippen molar-refractivity contribution in [1.29, 1.82) is 5.26 Å². The van der Waals surface area contributed by atoms with Crippen LogP contribution in [0.5, 0.6) is 0 Å². The molecule has 0 bridgehead atoms. The van der Waals surface area contributed by atoms with Gasteiger partial charge in [-0.2, -0.15) is 5.26 Å². The van der Waals surface area contributed by atoms with Crippen LogP contribution in [0.15, 0.2) is 6.07 Å². The highest BCUT2D eigenvalue weighted by atomic mass is 16.5. The number of hydrogen-bond donors (Lipinski definition) is 0. The average molecular weight is 356 g/mol. The second-order valence-corrected chi connectivity index (χ2v) is 7.72. The maximum absolute atomic E-state index is 12.3. The lowest BCUT2D eigenvalue weighted by Crippen LogP contribution is -2.54. The van der Waals surface area contributed by atoms with Gasteiger partial charge in [0.15, 0.2) is 0 Å². The Morgan fingerprint density at radius 2 is 2.15 bits per heavy atom. The second-order valence-electron chi connectivity index (χ2n) is 7.72. The normalized spacial score (nSPS) is 23.4. The third-order valence-corrected chi connectivity index (χ3v) is 5.71. The molecule has 0 unspecified atom stereocenters. The quantitative estimate of drug-likeness (QED) is 0.829. The molecule has 3 rings (SSSR count). The first-order valence-corrected chi connectivity index (χ1v) is 9.38. The summed E-state index contributed by atoms with van der Waals surface area (Å²) in [5.74, 6) is 1.04. The molecule has 2 saturated heterocycles. The lowest BCUT2D eigenvalue weighted by molar-refractivity contribution is -0.138. The smallest absolute Gasteiger partial charge is 0.222 e. The molecule has 0 radical (unpaired) electrons. The van der Waals surface area contributed by atoms with Gasteiger partial charge in [-0.05, 0) is 44.7 Å². The molecular formula is C20H28N4O2. The molecule has 0 saturated carbocycles. The predicted molar refractivity (Wildman–Crippen MR) is 100.0 cm³/mol. The Balaban J connectivity index is 1.84. The van der Waals surface area contributed by atoms with Crippen LogP contribution in [0, 0.1) is 30.6 Å². The van der Waals surface area contributed by atoms with Crippen molar-refractivity contribution in [3.63, 3.8) is 0 Å². The van der Waals surface area contributed by atoms with Gasteiger partial charge in [-0.25, -0.2) is 4.98 Å². The lowest BCUT2D eigenvalue weighted by atomic mass is 9.73. The zero-order valence-electron chi connectivity index (χ0n) is 16.0. The summed E-state index contributed by atoms with van der Waals surface area (Å²) in [5, 5.41) is 9.61. The van der Waals surface area contributed by atoms with Crippen molar-refractivity contribution in [3.05, 3.63) is 22.9 Å². The molecule has 6 nitrogen and oxygen atoms in total. The Hall–Kier alpha value is -2.13. The zero-order valence-corrected chi connectivity index (χ0v) is 16.0. The number of hydrogen-bond acceptors (Lipinski definition) is 5. The number of carbonyl (C=O) groups excluding carboxylic acids is 1. The van der Waals surface area contributed by atoms with Crippen LogP contribution in [0.2, 0.25) is 0 Å². The van der Waals surface area contributed by atoms with E-state index in [2.05, 4.69) is 11.0 Å². The number of piperidine rings is 2. The standard InChI is InChI=1S/C20H28N4O2/c1-15-11-16(2)22-19(17(15)12-21)24-8-4-6-20(14-24)7-5-18(25)23(13-20)9-10-26-3/h11H,4-10,13-14H2,1-3H3/t20-/m0/s1. The number of nitrogens with zero attached hydrogens (tertiary/aromatic N) is 4. The summed E-state index contributed by atoms with van der Waals surface area (Å²) in [6.07, 6.45) is 3.69. The van der Waals surface area contributed by atoms with Crippen molar-refractivity contribution in [2.24, 2.45) is 5.41 Å². The number of likely N-dealkylation sites (tertiary alicyclic amines) is 1. The molecule has 1 aromatic rings. The SMILES string of the molecule is COCCN1C[C@]2(CCCN(c3nc(C)cc(C)c3C#N)C2)CCC1=O. The van der Waals surface area contributed by atoms with Gasteiger partial charge >= 0.3 is 0 Å². The lowest BCUT2D eigenvalue weighted by Gasteiger charge is -2.48. The fraction of sp³-hybridized carbons (Fsp3) is 0.650. The molecule has 6 heteroatoms. The fourth-order valence-electron chi connectivity index (χ4n) is 4.41. The van der Waals surface area contributed by atoms with E-state index in [1.807, 2.05) is 24.8 Å². The maximum atomic E-state index is 12.3. The van der Waals surface area contributed by atoms with E-state index < -0.39 is 0 Å². The van der Waals surface area contributed by atoms with Crippen molar-refractivity contribution in [3.8, 4) is 6.07 Å². The highest BCUT2D eigenvalue weighted by Gasteiger charge is 2.42. The third-order valence-electron chi connectivity index (χ3n) is 5.71. The highest BCUT2D eigenvalue weighted by molar-refractivity contribution is 5.77. The number of nitriles is 1. The van der Waals surface area contributed by atoms with Crippen molar-refractivity contribution in [2.45, 2.75) is 39.5 Å². The average Bonchev–Trinajstić information content (AvgIpc) is 2.62. The largest absolute Gasteiger partial charge is 0.383 e. The molecule has 140 valence electrons. The summed E-state index contributed by atoms with van der Waals surface area (Å²) < 4.78 is 5.17. The van der Waals surface area contributed by atoms with Gasteiger partial charge in [0, 0.05) is 50.8 Å². The zero-order chi connectivity index (χ0) is 18.7. The van der Waals surface area contributed by atoms with E-state index in [0.717, 1.165) is 56.0 Å². The molecule has 2 aliphatic heterocycles. The van der Waals surface area contributed by atoms with Crippen LogP contribution in [-0.4, -0.2) is 55.7 Å². The molecule has 26 heavy (non-hydrogen) atoms. The minimum atomic E-state index is 0.0892. The minimum absolute atomic E-state index is 0.0892. The first kappa shape index (κ1) is 18.7. The van der Waals surface area contributed by atoms with E-state index in [1.165, 1.54) is 0 Å². The number of carbonyl (C=O) groups is 1. The summed E-state index contributed by atoms with van der Waals surface area (Å²) in [7, 11) is 1.67. The van der Waals surface area contributed by atoms with Crippen molar-refractivity contribution >= 4 is 11.7 Å². The van der Waals surface area contributed by atoms with Crippen LogP contribution in [0.3, 0.4) is 0 Å². The molecule has 3 heterocycles. The van der Waals surface area contributed by atoms with Gasteiger partial charge in [-0.3, -0.25) is 4.79 Å². The second kappa shape index (κ2) is 7.63. The molecule has 0 aromatic carbocycles. The summed E-state index contributed by atoms with van der Waals surface area (Å²) in [6, 6.07) is 4.30. The maximum Gasteiger partial charge on any atom is 0.222 e. The van der Waals surface area contributed by atoms with E-state index in [9.17, 15) is 10.1 Å². The number of pyridine rings is 1. The van der Waals surface area contributed by atoms with Gasteiger partial charge in [0.25, 0.3) is 0 Å². The molecule has 2 aliphatic rings. The number of methoxy groups -OCH3 is 1. The Bertz CT molecular complexity index is 727. The number of aryl methyl sites for hydroxylation is 2. The molecule has 1 atom stereocenters. The molecule has 1 aromatic heterocycles. The van der Waals surface area contributed by atoms with Crippen molar-refractivity contribution < 1.29 is 9.53 Å². The molecule has 0 N–H and O–H groups in total. The van der Waals surface area contributed by atoms with Crippen LogP contribution < -0.4 is 4.90 Å². The predicted octanol–water partition coefficient (Wildman–Crippen LogP) is 2.43. The van der Waals surface area contributed by atoms with Crippen LogP contribution in [0.1, 0.15) is 42.5 Å². The topological polar surface area (TPSA) is 69.5 Å². The van der Waals surface area contributed by atoms with Crippen LogP contribution in [0.25, 0.3) is 0 Å². The molecule has 1 spiro atoms. The number of ether oxygens (including phenoxy) is 1. The molecule has 0 aliphatic carbocycles. The van der Waals surface area contributed by atoms with E-state index in [-0.39, 0.29) is 11.3 Å². The summed E-state index contributed by atoms with van der Waals surface area (Å²) in [4.78, 5) is 21.2. The summed E-state index contributed by atoms with van der Waals surface area (Å²) in [5.41, 5.74) is 2.69. The molecule has 1 amide bonds. The Kier molecular flexibility index (Phi) is 5.47. The third kappa shape index (κ3) is 3.68. The number of amides is 1. The van der Waals surface area contributed by atoms with Gasteiger partial charge in [0.2, 0.25) is 5.91 Å². The van der Waals surface area contributed by atoms with Gasteiger partial charge in [0.1, 0.15) is 11.9 Å². The minimum Gasteiger partial charge on any atom is -0.383 e. The number of anilines is 1. The number of rotatable bonds is 4. The van der Waals surface area contributed by atoms with Crippen molar-refractivity contribution in [1.82, 2.24) is 9.88 Å². The van der Waals surface area contributed by atoms with Crippen LogP contribution in [0.4, 0.5) is 5.82 Å². The van der Waals surface area contributed by atoms with E-state index in [1.54, 1.807) is 7.11 Å². The Morgan fingerprint density at radius 1 is 1.35 bits per heavy atom. The summed E-state index contributed by atoms with van der Waals surface area (Å²) in [6.45, 7) is 7.72. The van der Waals surface area contributed by atoms with Crippen molar-refractivity contribution in [2.75, 3.05) is 44.8 Å².